The third kappa shape index (κ3) is 0.915. The van der Waals surface area contributed by atoms with Crippen LogP contribution in [0, 0.1) is 0 Å². The molecule has 0 N–H and O–H groups in total. The summed E-state index contributed by atoms with van der Waals surface area (Å²) in [5.74, 6) is 2.86. The van der Waals surface area contributed by atoms with Crippen molar-refractivity contribution >= 4 is 28.4 Å². The van der Waals surface area contributed by atoms with Gasteiger partial charge in [0.15, 0.2) is 0 Å². The molecule has 13 heavy (non-hydrogen) atoms. The highest BCUT2D eigenvalue weighted by Crippen LogP contribution is 2.28. The molecule has 0 amide bonds. The van der Waals surface area contributed by atoms with Gasteiger partial charge < -0.3 is 0 Å². The highest BCUT2D eigenvalue weighted by atomic mass is 14.7. The molecule has 0 aliphatic carbocycles. The smallest absolute Gasteiger partial charge is 0.0815 e. The molecule has 0 spiro atoms. The van der Waals surface area contributed by atoms with Gasteiger partial charge in [0.2, 0.25) is 0 Å². The van der Waals surface area contributed by atoms with Crippen molar-refractivity contribution in [1.82, 2.24) is 0 Å². The standard InChI is InChI=1S/C12H7N/c1-2-4-10-8-12-11(5-6-13-12)7-9(10)3-1/h1-5,7-8H. The monoisotopic (exact) mass is 165 g/mol. The lowest BCUT2D eigenvalue weighted by atomic mass is 10.1. The van der Waals surface area contributed by atoms with Gasteiger partial charge >= 0.3 is 0 Å². The van der Waals surface area contributed by atoms with Gasteiger partial charge in [-0.15, -0.1) is 0 Å². The zero-order valence-electron chi connectivity index (χ0n) is 6.99. The minimum atomic E-state index is 1.03. The van der Waals surface area contributed by atoms with Crippen LogP contribution < -0.4 is 0 Å². The number of nitrogens with zero attached hydrogens (tertiary/aromatic N) is 1. The highest BCUT2D eigenvalue weighted by molar-refractivity contribution is 5.97. The molecule has 3 rings (SSSR count). The summed E-state index contributed by atoms with van der Waals surface area (Å²) in [5.41, 5.74) is 2.19. The first-order valence-corrected chi connectivity index (χ1v) is 4.26. The van der Waals surface area contributed by atoms with E-state index in [0.717, 1.165) is 5.69 Å². The van der Waals surface area contributed by atoms with Crippen LogP contribution in [0.3, 0.4) is 0 Å². The van der Waals surface area contributed by atoms with E-state index in [2.05, 4.69) is 35.1 Å². The van der Waals surface area contributed by atoms with E-state index in [9.17, 15) is 0 Å². The molecule has 0 radical (unpaired) electrons. The van der Waals surface area contributed by atoms with Crippen molar-refractivity contribution in [2.24, 2.45) is 4.99 Å². The molecule has 1 aliphatic rings. The van der Waals surface area contributed by atoms with E-state index in [1.54, 1.807) is 0 Å². The van der Waals surface area contributed by atoms with Crippen molar-refractivity contribution in [3.05, 3.63) is 42.0 Å². The van der Waals surface area contributed by atoms with Gasteiger partial charge in [-0.2, -0.15) is 0 Å². The van der Waals surface area contributed by atoms with Gasteiger partial charge in [-0.3, -0.25) is 0 Å². The number of benzene rings is 2. The summed E-state index contributed by atoms with van der Waals surface area (Å²) in [6, 6.07) is 12.6. The van der Waals surface area contributed by atoms with Gasteiger partial charge in [-0.25, -0.2) is 4.99 Å². The van der Waals surface area contributed by atoms with Gasteiger partial charge in [0.05, 0.1) is 5.69 Å². The first kappa shape index (κ1) is 6.64. The highest BCUT2D eigenvalue weighted by Gasteiger charge is 2.03. The molecule has 60 valence electrons. The van der Waals surface area contributed by atoms with E-state index < -0.39 is 0 Å². The molecule has 1 heteroatoms. The maximum atomic E-state index is 4.14. The summed E-state index contributed by atoms with van der Waals surface area (Å²) in [5, 5.41) is 2.50. The molecule has 0 aromatic heterocycles. The van der Waals surface area contributed by atoms with Crippen molar-refractivity contribution < 1.29 is 0 Å². The van der Waals surface area contributed by atoms with Crippen LogP contribution in [-0.2, 0) is 0 Å². The first-order valence-electron chi connectivity index (χ1n) is 4.26. The average Bonchev–Trinajstić information content (AvgIpc) is 2.61. The van der Waals surface area contributed by atoms with E-state index in [1.807, 2.05) is 18.2 Å². The van der Waals surface area contributed by atoms with Crippen LogP contribution in [0.15, 0.2) is 41.4 Å². The maximum absolute atomic E-state index is 4.14. The predicted molar refractivity (Wildman–Crippen MR) is 55.5 cm³/mol. The van der Waals surface area contributed by atoms with Crippen molar-refractivity contribution in [2.45, 2.75) is 0 Å². The average molecular weight is 165 g/mol. The van der Waals surface area contributed by atoms with E-state index in [1.165, 1.54) is 16.3 Å². The molecule has 2 aromatic carbocycles. The van der Waals surface area contributed by atoms with Gasteiger partial charge in [-0.1, -0.05) is 24.3 Å². The number of aliphatic imine (C=N–C) groups is 1. The third-order valence-corrected chi connectivity index (χ3v) is 2.30. The normalized spacial score (nSPS) is 12.3. The topological polar surface area (TPSA) is 12.4 Å². The van der Waals surface area contributed by atoms with E-state index in [4.69, 9.17) is 0 Å². The SMILES string of the molecule is C1=Cc2cc3ccccc3cc2N=1. The first-order chi connectivity index (χ1) is 6.43. The summed E-state index contributed by atoms with van der Waals surface area (Å²) in [6.07, 6.45) is 1.92. The second-order valence-corrected chi connectivity index (χ2v) is 3.14. The number of fused-ring (bicyclic) bond motifs is 2. The lowest BCUT2D eigenvalue weighted by Crippen LogP contribution is -1.74. The molecular formula is C12H7N. The molecule has 1 aliphatic heterocycles. The lowest BCUT2D eigenvalue weighted by Gasteiger charge is -1.99. The quantitative estimate of drug-likeness (QED) is 0.485. The molecule has 0 bridgehead atoms. The van der Waals surface area contributed by atoms with Crippen LogP contribution in [0.2, 0.25) is 0 Å². The number of rotatable bonds is 0. The number of hydrogen-bond donors (Lipinski definition) is 0. The lowest BCUT2D eigenvalue weighted by molar-refractivity contribution is 1.58. The summed E-state index contributed by atoms with van der Waals surface area (Å²) in [4.78, 5) is 4.14. The molecule has 2 aromatic rings. The minimum absolute atomic E-state index is 1.03. The predicted octanol–water partition coefficient (Wildman–Crippen LogP) is 3.17. The van der Waals surface area contributed by atoms with Gasteiger partial charge in [-0.05, 0) is 28.8 Å². The van der Waals surface area contributed by atoms with Crippen molar-refractivity contribution in [2.75, 3.05) is 0 Å². The summed E-state index contributed by atoms with van der Waals surface area (Å²) in [7, 11) is 0. The van der Waals surface area contributed by atoms with E-state index >= 15 is 0 Å². The Balaban J connectivity index is 2.45. The van der Waals surface area contributed by atoms with E-state index in [0.29, 0.717) is 0 Å². The summed E-state index contributed by atoms with van der Waals surface area (Å²) >= 11 is 0. The van der Waals surface area contributed by atoms with Crippen LogP contribution >= 0.6 is 0 Å². The van der Waals surface area contributed by atoms with Gasteiger partial charge in [0.1, 0.15) is 0 Å². The second kappa shape index (κ2) is 2.32. The molecule has 0 atom stereocenters. The van der Waals surface area contributed by atoms with Crippen LogP contribution in [0.25, 0.3) is 16.8 Å². The van der Waals surface area contributed by atoms with Crippen LogP contribution in [-0.4, -0.2) is 5.87 Å². The Hall–Kier alpha value is -1.85. The molecular weight excluding hydrogens is 158 g/mol. The molecule has 0 saturated heterocycles. The fourth-order valence-corrected chi connectivity index (χ4v) is 1.63. The Bertz CT molecular complexity index is 500. The van der Waals surface area contributed by atoms with E-state index in [-0.39, 0.29) is 0 Å². The zero-order valence-corrected chi connectivity index (χ0v) is 6.99. The maximum Gasteiger partial charge on any atom is 0.0815 e. The minimum Gasteiger partial charge on any atom is -0.206 e. The Labute approximate surface area is 76.0 Å². The Kier molecular flexibility index (Phi) is 1.18. The summed E-state index contributed by atoms with van der Waals surface area (Å²) < 4.78 is 0. The summed E-state index contributed by atoms with van der Waals surface area (Å²) in [6.45, 7) is 0. The molecule has 1 nitrogen and oxygen atoms in total. The van der Waals surface area contributed by atoms with Gasteiger partial charge in [0, 0.05) is 11.6 Å². The Morgan fingerprint density at radius 3 is 2.62 bits per heavy atom. The van der Waals surface area contributed by atoms with Crippen LogP contribution in [0.4, 0.5) is 5.69 Å². The second-order valence-electron chi connectivity index (χ2n) is 3.14. The van der Waals surface area contributed by atoms with Crippen molar-refractivity contribution in [1.29, 1.82) is 0 Å². The Morgan fingerprint density at radius 2 is 1.77 bits per heavy atom. The van der Waals surface area contributed by atoms with Crippen molar-refractivity contribution in [3.8, 4) is 0 Å². The molecule has 1 heterocycles. The third-order valence-electron chi connectivity index (χ3n) is 2.30. The van der Waals surface area contributed by atoms with Crippen LogP contribution in [0.5, 0.6) is 0 Å². The molecule has 0 saturated carbocycles. The zero-order chi connectivity index (χ0) is 8.67. The fraction of sp³-hybridized carbons (Fsp3) is 0. The number of hydrogen-bond acceptors (Lipinski definition) is 1. The van der Waals surface area contributed by atoms with Crippen LogP contribution in [0.1, 0.15) is 5.56 Å². The molecule has 0 unspecified atom stereocenters. The Morgan fingerprint density at radius 1 is 1.00 bits per heavy atom. The van der Waals surface area contributed by atoms with Crippen molar-refractivity contribution in [3.63, 3.8) is 0 Å². The largest absolute Gasteiger partial charge is 0.206 e. The van der Waals surface area contributed by atoms with Gasteiger partial charge in [0.25, 0.3) is 0 Å². The fourth-order valence-electron chi connectivity index (χ4n) is 1.63. The molecule has 0 fully saturated rings.